The number of hydrogen-bond acceptors (Lipinski definition) is 6. The van der Waals surface area contributed by atoms with Crippen LogP contribution >= 0.6 is 0 Å². The summed E-state index contributed by atoms with van der Waals surface area (Å²) < 4.78 is 22.4. The van der Waals surface area contributed by atoms with Crippen LogP contribution in [0.25, 0.3) is 0 Å². The molecule has 126 valence electrons. The molecule has 0 fully saturated rings. The van der Waals surface area contributed by atoms with E-state index in [4.69, 9.17) is 24.7 Å². The van der Waals surface area contributed by atoms with Gasteiger partial charge in [0, 0.05) is 31.6 Å². The predicted octanol–water partition coefficient (Wildman–Crippen LogP) is 1.93. The van der Waals surface area contributed by atoms with Gasteiger partial charge < -0.3 is 24.7 Å². The van der Waals surface area contributed by atoms with Gasteiger partial charge in [0.1, 0.15) is 11.9 Å². The topological polar surface area (TPSA) is 80.0 Å². The van der Waals surface area contributed by atoms with Gasteiger partial charge in [0.05, 0.1) is 0 Å². The maximum atomic E-state index is 12.3. The van der Waals surface area contributed by atoms with Crippen molar-refractivity contribution in [3.63, 3.8) is 0 Å². The van der Waals surface area contributed by atoms with Gasteiger partial charge in [-0.2, -0.15) is 0 Å². The van der Waals surface area contributed by atoms with Crippen LogP contribution in [0.4, 0.5) is 0 Å². The van der Waals surface area contributed by atoms with Crippen LogP contribution in [0, 0.1) is 0 Å². The SMILES string of the molecule is COC1C=C2C=CC(=O)c3cccc(c3)OCOC1(OC)C=C2N. The second kappa shape index (κ2) is 6.60. The molecular weight excluding hydrogens is 310 g/mol. The van der Waals surface area contributed by atoms with Gasteiger partial charge in [-0.15, -0.1) is 0 Å². The lowest BCUT2D eigenvalue weighted by molar-refractivity contribution is -0.257. The lowest BCUT2D eigenvalue weighted by Gasteiger charge is -2.37. The van der Waals surface area contributed by atoms with Crippen molar-refractivity contribution in [2.24, 2.45) is 5.73 Å². The van der Waals surface area contributed by atoms with Crippen molar-refractivity contribution in [2.75, 3.05) is 21.0 Å². The number of carbonyl (C=O) groups excluding carboxylic acids is 1. The summed E-state index contributed by atoms with van der Waals surface area (Å²) in [6.45, 7) is -0.0915. The molecule has 24 heavy (non-hydrogen) atoms. The van der Waals surface area contributed by atoms with Gasteiger partial charge in [-0.05, 0) is 35.9 Å². The molecule has 2 atom stereocenters. The van der Waals surface area contributed by atoms with E-state index in [1.54, 1.807) is 49.6 Å². The van der Waals surface area contributed by atoms with E-state index in [0.29, 0.717) is 22.6 Å². The number of hydrogen-bond donors (Lipinski definition) is 1. The molecule has 3 aliphatic rings. The third kappa shape index (κ3) is 2.99. The van der Waals surface area contributed by atoms with Crippen molar-refractivity contribution in [1.29, 1.82) is 0 Å². The number of fused-ring (bicyclic) bond motifs is 4. The lowest BCUT2D eigenvalue weighted by atomic mass is 9.95. The van der Waals surface area contributed by atoms with Crippen LogP contribution in [0.2, 0.25) is 0 Å². The lowest BCUT2D eigenvalue weighted by Crippen LogP contribution is -2.48. The number of rotatable bonds is 2. The molecule has 0 saturated carbocycles. The number of methoxy groups -OCH3 is 2. The molecule has 1 aromatic carbocycles. The minimum Gasteiger partial charge on any atom is -0.467 e. The minimum absolute atomic E-state index is 0.0915. The molecule has 0 radical (unpaired) electrons. The number of ether oxygens (including phenoxy) is 4. The van der Waals surface area contributed by atoms with Crippen molar-refractivity contribution in [2.45, 2.75) is 11.9 Å². The normalized spacial score (nSPS) is 26.6. The quantitative estimate of drug-likeness (QED) is 0.893. The zero-order valence-electron chi connectivity index (χ0n) is 13.5. The first kappa shape index (κ1) is 16.4. The predicted molar refractivity (Wildman–Crippen MR) is 87.4 cm³/mol. The molecule has 1 aromatic rings. The molecule has 4 bridgehead atoms. The van der Waals surface area contributed by atoms with Crippen LogP contribution in [0.1, 0.15) is 10.4 Å². The van der Waals surface area contributed by atoms with Gasteiger partial charge in [0.25, 0.3) is 0 Å². The molecular formula is C18H19NO5. The Morgan fingerprint density at radius 2 is 2.12 bits per heavy atom. The summed E-state index contributed by atoms with van der Waals surface area (Å²) in [5.74, 6) is -0.824. The molecule has 1 aliphatic carbocycles. The Morgan fingerprint density at radius 1 is 1.29 bits per heavy atom. The second-order valence-electron chi connectivity index (χ2n) is 5.44. The third-order valence-corrected chi connectivity index (χ3v) is 4.03. The highest BCUT2D eigenvalue weighted by Crippen LogP contribution is 2.31. The standard InChI is InChI=1S/C18H19NO5/c1-21-17-9-12-6-7-16(20)13-4-3-5-14(8-13)23-11-24-18(17,22-2)10-15(12)19/h3-10,17H,11,19H2,1-2H3. The summed E-state index contributed by atoms with van der Waals surface area (Å²) >= 11 is 0. The van der Waals surface area contributed by atoms with Crippen molar-refractivity contribution >= 4 is 5.78 Å². The molecule has 0 amide bonds. The molecule has 6 nitrogen and oxygen atoms in total. The van der Waals surface area contributed by atoms with Crippen molar-refractivity contribution in [1.82, 2.24) is 0 Å². The van der Waals surface area contributed by atoms with E-state index >= 15 is 0 Å². The smallest absolute Gasteiger partial charge is 0.223 e. The van der Waals surface area contributed by atoms with E-state index in [9.17, 15) is 4.79 Å². The van der Waals surface area contributed by atoms with E-state index in [1.165, 1.54) is 13.2 Å². The Labute approximate surface area is 140 Å². The second-order valence-corrected chi connectivity index (χ2v) is 5.44. The fourth-order valence-corrected chi connectivity index (χ4v) is 2.69. The van der Waals surface area contributed by atoms with Gasteiger partial charge in [-0.1, -0.05) is 12.1 Å². The Bertz CT molecular complexity index is 737. The first-order valence-electron chi connectivity index (χ1n) is 7.45. The number of carbonyl (C=O) groups is 1. The Hall–Kier alpha value is -2.41. The molecule has 6 heteroatoms. The average molecular weight is 329 g/mol. The van der Waals surface area contributed by atoms with E-state index < -0.39 is 11.9 Å². The summed E-state index contributed by atoms with van der Waals surface area (Å²) in [7, 11) is 3.05. The number of ketones is 1. The summed E-state index contributed by atoms with van der Waals surface area (Å²) in [6, 6.07) is 6.88. The van der Waals surface area contributed by atoms with E-state index in [1.807, 2.05) is 0 Å². The first-order chi connectivity index (χ1) is 11.6. The van der Waals surface area contributed by atoms with Crippen molar-refractivity contribution in [3.05, 3.63) is 65.4 Å². The molecule has 2 N–H and O–H groups in total. The third-order valence-electron chi connectivity index (χ3n) is 4.03. The first-order valence-corrected chi connectivity index (χ1v) is 7.45. The van der Waals surface area contributed by atoms with Crippen LogP contribution in [-0.2, 0) is 14.2 Å². The highest BCUT2D eigenvalue weighted by Gasteiger charge is 2.41. The Morgan fingerprint density at radius 3 is 2.88 bits per heavy atom. The van der Waals surface area contributed by atoms with Crippen LogP contribution < -0.4 is 10.5 Å². The fourth-order valence-electron chi connectivity index (χ4n) is 2.69. The zero-order valence-corrected chi connectivity index (χ0v) is 13.5. The maximum Gasteiger partial charge on any atom is 0.223 e. The maximum absolute atomic E-state index is 12.3. The van der Waals surface area contributed by atoms with Gasteiger partial charge in [0.15, 0.2) is 12.6 Å². The number of nitrogens with two attached hydrogens (primary N) is 1. The Kier molecular flexibility index (Phi) is 4.53. The summed E-state index contributed by atoms with van der Waals surface area (Å²) in [5, 5.41) is 0. The fraction of sp³-hybridized carbons (Fsp3) is 0.278. The molecule has 4 rings (SSSR count). The number of allylic oxidation sites excluding steroid dienone is 2. The molecule has 0 spiro atoms. The van der Waals surface area contributed by atoms with E-state index in [2.05, 4.69) is 0 Å². The van der Waals surface area contributed by atoms with Crippen LogP contribution in [0.3, 0.4) is 0 Å². The van der Waals surface area contributed by atoms with Crippen molar-refractivity contribution < 1.29 is 23.7 Å². The zero-order chi connectivity index (χ0) is 17.2. The van der Waals surface area contributed by atoms with Crippen LogP contribution in [0.15, 0.2) is 59.8 Å². The summed E-state index contributed by atoms with van der Waals surface area (Å²) in [6.07, 6.45) is 5.97. The molecule has 0 aromatic heterocycles. The van der Waals surface area contributed by atoms with Gasteiger partial charge in [-0.25, -0.2) is 0 Å². The van der Waals surface area contributed by atoms with Crippen LogP contribution in [-0.4, -0.2) is 38.7 Å². The van der Waals surface area contributed by atoms with Gasteiger partial charge in [0.2, 0.25) is 5.79 Å². The van der Waals surface area contributed by atoms with Crippen molar-refractivity contribution in [3.8, 4) is 5.75 Å². The molecule has 2 aliphatic heterocycles. The highest BCUT2D eigenvalue weighted by molar-refractivity contribution is 6.05. The van der Waals surface area contributed by atoms with Crippen LogP contribution in [0.5, 0.6) is 5.75 Å². The number of benzene rings is 1. The monoisotopic (exact) mass is 329 g/mol. The highest BCUT2D eigenvalue weighted by atomic mass is 16.8. The summed E-state index contributed by atoms with van der Waals surface area (Å²) in [4.78, 5) is 12.3. The Balaban J connectivity index is 2.06. The average Bonchev–Trinajstić information content (AvgIpc) is 2.61. The molecule has 0 saturated heterocycles. The minimum atomic E-state index is -1.20. The molecule has 2 unspecified atom stereocenters. The van der Waals surface area contributed by atoms with E-state index in [-0.39, 0.29) is 12.6 Å². The van der Waals surface area contributed by atoms with Gasteiger partial charge in [-0.3, -0.25) is 4.79 Å². The van der Waals surface area contributed by atoms with E-state index in [0.717, 1.165) is 0 Å². The largest absolute Gasteiger partial charge is 0.467 e. The van der Waals surface area contributed by atoms with Gasteiger partial charge >= 0.3 is 0 Å². The summed E-state index contributed by atoms with van der Waals surface area (Å²) in [5.41, 5.74) is 7.72. The molecule has 2 heterocycles.